The lowest BCUT2D eigenvalue weighted by Gasteiger charge is -2.30. The summed E-state index contributed by atoms with van der Waals surface area (Å²) in [7, 11) is -3.63. The average Bonchev–Trinajstić information content (AvgIpc) is 3.34. The second-order valence-corrected chi connectivity index (χ2v) is 12.1. The van der Waals surface area contributed by atoms with Crippen LogP contribution in [0.15, 0.2) is 53.0 Å². The molecule has 0 heterocycles. The molecule has 1 N–H and O–H groups in total. The van der Waals surface area contributed by atoms with Gasteiger partial charge in [-0.1, -0.05) is 40.9 Å². The lowest BCUT2D eigenvalue weighted by atomic mass is 10.1. The summed E-state index contributed by atoms with van der Waals surface area (Å²) >= 11 is 3.41. The maximum atomic E-state index is 13.3. The molecule has 2 aromatic rings. The van der Waals surface area contributed by atoms with Crippen LogP contribution in [-0.4, -0.2) is 50.0 Å². The predicted molar refractivity (Wildman–Crippen MR) is 142 cm³/mol. The molecule has 1 atom stereocenters. The van der Waals surface area contributed by atoms with Gasteiger partial charge in [0, 0.05) is 30.0 Å². The number of benzene rings is 2. The van der Waals surface area contributed by atoms with Crippen LogP contribution in [0, 0.1) is 5.82 Å². The molecule has 1 fully saturated rings. The Morgan fingerprint density at radius 2 is 1.69 bits per heavy atom. The number of anilines is 1. The van der Waals surface area contributed by atoms with Gasteiger partial charge in [-0.05, 0) is 68.1 Å². The highest BCUT2D eigenvalue weighted by molar-refractivity contribution is 9.10. The topological polar surface area (TPSA) is 86.8 Å². The van der Waals surface area contributed by atoms with E-state index in [1.54, 1.807) is 11.8 Å². The van der Waals surface area contributed by atoms with Crippen molar-refractivity contribution in [2.24, 2.45) is 0 Å². The van der Waals surface area contributed by atoms with Crippen LogP contribution in [0.3, 0.4) is 0 Å². The van der Waals surface area contributed by atoms with Crippen molar-refractivity contribution >= 4 is 43.5 Å². The maximum Gasteiger partial charge on any atom is 0.242 e. The third-order valence-electron chi connectivity index (χ3n) is 6.40. The average molecular weight is 583 g/mol. The van der Waals surface area contributed by atoms with Gasteiger partial charge >= 0.3 is 0 Å². The van der Waals surface area contributed by atoms with Gasteiger partial charge in [0.2, 0.25) is 21.8 Å². The van der Waals surface area contributed by atoms with Gasteiger partial charge in [0.1, 0.15) is 11.9 Å². The molecule has 2 amide bonds. The monoisotopic (exact) mass is 581 g/mol. The summed E-state index contributed by atoms with van der Waals surface area (Å²) in [5.41, 5.74) is 1.22. The number of rotatable bonds is 11. The van der Waals surface area contributed by atoms with Gasteiger partial charge in [-0.25, -0.2) is 12.8 Å². The fraction of sp³-hybridized carbons (Fsp3) is 0.462. The quantitative estimate of drug-likeness (QED) is 0.420. The number of sulfonamides is 1. The van der Waals surface area contributed by atoms with E-state index in [0.29, 0.717) is 5.69 Å². The first-order valence-electron chi connectivity index (χ1n) is 12.1. The summed E-state index contributed by atoms with van der Waals surface area (Å²) in [6.07, 6.45) is 5.46. The van der Waals surface area contributed by atoms with Crippen molar-refractivity contribution in [3.8, 4) is 0 Å². The molecular weight excluding hydrogens is 549 g/mol. The third kappa shape index (κ3) is 8.03. The first-order valence-corrected chi connectivity index (χ1v) is 14.8. The predicted octanol–water partition coefficient (Wildman–Crippen LogP) is 4.61. The maximum absolute atomic E-state index is 13.3. The molecule has 1 saturated carbocycles. The van der Waals surface area contributed by atoms with Crippen LogP contribution in [0.4, 0.5) is 10.1 Å². The van der Waals surface area contributed by atoms with Crippen molar-refractivity contribution in [2.45, 2.75) is 64.1 Å². The number of nitrogens with zero attached hydrogens (tertiary/aromatic N) is 2. The summed E-state index contributed by atoms with van der Waals surface area (Å²) in [5, 5.41) is 3.07. The number of carbonyl (C=O) groups excluding carboxylic acids is 2. The van der Waals surface area contributed by atoms with Crippen LogP contribution in [0.1, 0.15) is 51.0 Å². The van der Waals surface area contributed by atoms with E-state index in [-0.39, 0.29) is 43.8 Å². The molecule has 7 nitrogen and oxygen atoms in total. The van der Waals surface area contributed by atoms with E-state index in [4.69, 9.17) is 0 Å². The molecule has 0 bridgehead atoms. The summed E-state index contributed by atoms with van der Waals surface area (Å²) in [6.45, 7) is 2.05. The number of halogens is 2. The van der Waals surface area contributed by atoms with Gasteiger partial charge in [-0.15, -0.1) is 0 Å². The molecule has 36 heavy (non-hydrogen) atoms. The first-order chi connectivity index (χ1) is 17.0. The van der Waals surface area contributed by atoms with Crippen molar-refractivity contribution in [3.63, 3.8) is 0 Å². The molecule has 0 spiro atoms. The van der Waals surface area contributed by atoms with Crippen molar-refractivity contribution < 1.29 is 22.4 Å². The molecule has 2 aromatic carbocycles. The fourth-order valence-corrected chi connectivity index (χ4v) is 5.60. The normalized spacial score (nSPS) is 14.9. The van der Waals surface area contributed by atoms with Crippen LogP contribution < -0.4 is 9.62 Å². The first kappa shape index (κ1) is 28.1. The van der Waals surface area contributed by atoms with Gasteiger partial charge in [-0.2, -0.15) is 0 Å². The molecule has 0 aliphatic heterocycles. The van der Waals surface area contributed by atoms with E-state index in [2.05, 4.69) is 21.2 Å². The minimum absolute atomic E-state index is 0.0603. The van der Waals surface area contributed by atoms with E-state index in [0.717, 1.165) is 46.3 Å². The zero-order chi connectivity index (χ0) is 26.3. The third-order valence-corrected chi connectivity index (χ3v) is 8.12. The van der Waals surface area contributed by atoms with Crippen LogP contribution in [0.5, 0.6) is 0 Å². The Balaban J connectivity index is 1.70. The largest absolute Gasteiger partial charge is 0.352 e. The SMILES string of the molecule is CC(C(=O)NC1CCCC1)N(Cc1ccc(Br)cc1)C(=O)CCCN(c1ccc(F)cc1)S(C)(=O)=O. The number of carbonyl (C=O) groups is 2. The molecule has 3 rings (SSSR count). The molecule has 196 valence electrons. The van der Waals surface area contributed by atoms with Crippen molar-refractivity contribution in [1.29, 1.82) is 0 Å². The van der Waals surface area contributed by atoms with Gasteiger partial charge in [-0.3, -0.25) is 13.9 Å². The number of hydrogen-bond acceptors (Lipinski definition) is 4. The Morgan fingerprint density at radius 3 is 2.28 bits per heavy atom. The highest BCUT2D eigenvalue weighted by atomic mass is 79.9. The van der Waals surface area contributed by atoms with Crippen LogP contribution >= 0.6 is 15.9 Å². The summed E-state index contributed by atoms with van der Waals surface area (Å²) in [5.74, 6) is -0.883. The van der Waals surface area contributed by atoms with Crippen molar-refractivity contribution in [2.75, 3.05) is 17.1 Å². The number of hydrogen-bond donors (Lipinski definition) is 1. The highest BCUT2D eigenvalue weighted by Gasteiger charge is 2.28. The smallest absolute Gasteiger partial charge is 0.242 e. The molecule has 10 heteroatoms. The van der Waals surface area contributed by atoms with Gasteiger partial charge in [0.25, 0.3) is 0 Å². The number of amides is 2. The Bertz CT molecular complexity index is 1140. The Kier molecular flexibility index (Phi) is 9.90. The Morgan fingerprint density at radius 1 is 1.08 bits per heavy atom. The Labute approximate surface area is 221 Å². The highest BCUT2D eigenvalue weighted by Crippen LogP contribution is 2.21. The minimum Gasteiger partial charge on any atom is -0.352 e. The Hall–Kier alpha value is -2.46. The summed E-state index contributed by atoms with van der Waals surface area (Å²) < 4.78 is 40.1. The van der Waals surface area contributed by atoms with Gasteiger partial charge in [0.15, 0.2) is 0 Å². The number of nitrogens with one attached hydrogen (secondary N) is 1. The molecule has 1 aliphatic rings. The molecule has 0 saturated heterocycles. The summed E-state index contributed by atoms with van der Waals surface area (Å²) in [6, 6.07) is 12.2. The van der Waals surface area contributed by atoms with Crippen LogP contribution in [-0.2, 0) is 26.2 Å². The summed E-state index contributed by atoms with van der Waals surface area (Å²) in [4.78, 5) is 27.9. The molecule has 0 radical (unpaired) electrons. The second-order valence-electron chi connectivity index (χ2n) is 9.23. The fourth-order valence-electron chi connectivity index (χ4n) is 4.37. The zero-order valence-electron chi connectivity index (χ0n) is 20.6. The van der Waals surface area contributed by atoms with E-state index in [1.807, 2.05) is 24.3 Å². The van der Waals surface area contributed by atoms with E-state index < -0.39 is 21.9 Å². The van der Waals surface area contributed by atoms with Crippen LogP contribution in [0.2, 0.25) is 0 Å². The molecule has 0 aromatic heterocycles. The van der Waals surface area contributed by atoms with E-state index in [1.165, 1.54) is 24.3 Å². The molecule has 1 unspecified atom stereocenters. The molecule has 1 aliphatic carbocycles. The van der Waals surface area contributed by atoms with Crippen molar-refractivity contribution in [3.05, 3.63) is 64.4 Å². The van der Waals surface area contributed by atoms with Crippen LogP contribution in [0.25, 0.3) is 0 Å². The van der Waals surface area contributed by atoms with E-state index in [9.17, 15) is 22.4 Å². The second kappa shape index (κ2) is 12.7. The lowest BCUT2D eigenvalue weighted by Crippen LogP contribution is -2.49. The lowest BCUT2D eigenvalue weighted by molar-refractivity contribution is -0.141. The van der Waals surface area contributed by atoms with Gasteiger partial charge < -0.3 is 10.2 Å². The van der Waals surface area contributed by atoms with E-state index >= 15 is 0 Å². The zero-order valence-corrected chi connectivity index (χ0v) is 23.0. The van der Waals surface area contributed by atoms with Gasteiger partial charge in [0.05, 0.1) is 11.9 Å². The standard InChI is InChI=1S/C26H33BrFN3O4S/c1-19(26(33)29-23-6-3-4-7-23)30(18-20-9-11-21(27)12-10-20)25(32)8-5-17-31(36(2,34)35)24-15-13-22(28)14-16-24/h9-16,19,23H,3-8,17-18H2,1-2H3,(H,29,33). The van der Waals surface area contributed by atoms with Crippen molar-refractivity contribution in [1.82, 2.24) is 10.2 Å². The minimum atomic E-state index is -3.63. The molecular formula is C26H33BrFN3O4S.